The van der Waals surface area contributed by atoms with Gasteiger partial charge in [0, 0.05) is 10.9 Å². The van der Waals surface area contributed by atoms with Crippen LogP contribution in [0.15, 0.2) is 24.3 Å². The monoisotopic (exact) mass is 280 g/mol. The summed E-state index contributed by atoms with van der Waals surface area (Å²) >= 11 is 5.81. The van der Waals surface area contributed by atoms with E-state index in [1.165, 1.54) is 4.68 Å². The van der Waals surface area contributed by atoms with Crippen LogP contribution < -0.4 is 5.73 Å². The SMILES string of the molecule is CC(C)c1nn(-c2ccc(Cl)cc2)c(N)c1[N+](=O)[O-]. The van der Waals surface area contributed by atoms with Crippen LogP contribution in [0.1, 0.15) is 25.5 Å². The predicted octanol–water partition coefficient (Wildman–Crippen LogP) is 3.14. The molecular formula is C12H13ClN4O2. The Labute approximate surface area is 114 Å². The fraction of sp³-hybridized carbons (Fsp3) is 0.250. The Morgan fingerprint density at radius 2 is 1.95 bits per heavy atom. The summed E-state index contributed by atoms with van der Waals surface area (Å²) < 4.78 is 1.36. The van der Waals surface area contributed by atoms with Gasteiger partial charge >= 0.3 is 5.69 Å². The average molecular weight is 281 g/mol. The van der Waals surface area contributed by atoms with Crippen LogP contribution in [0.5, 0.6) is 0 Å². The van der Waals surface area contributed by atoms with Crippen LogP contribution >= 0.6 is 11.6 Å². The van der Waals surface area contributed by atoms with Crippen LogP contribution in [0.3, 0.4) is 0 Å². The maximum absolute atomic E-state index is 11.1. The lowest BCUT2D eigenvalue weighted by Gasteiger charge is -2.02. The minimum absolute atomic E-state index is 0.0241. The summed E-state index contributed by atoms with van der Waals surface area (Å²) in [6, 6.07) is 6.77. The molecule has 0 atom stereocenters. The van der Waals surface area contributed by atoms with Crippen molar-refractivity contribution in [3.05, 3.63) is 45.1 Å². The third kappa shape index (κ3) is 2.39. The van der Waals surface area contributed by atoms with Crippen LogP contribution in [-0.4, -0.2) is 14.7 Å². The zero-order valence-corrected chi connectivity index (χ0v) is 11.3. The largest absolute Gasteiger partial charge is 0.378 e. The first-order valence-corrected chi connectivity index (χ1v) is 6.08. The summed E-state index contributed by atoms with van der Waals surface area (Å²) in [6.45, 7) is 3.67. The van der Waals surface area contributed by atoms with Gasteiger partial charge in [-0.3, -0.25) is 10.1 Å². The van der Waals surface area contributed by atoms with Gasteiger partial charge in [0.15, 0.2) is 0 Å². The molecule has 0 radical (unpaired) electrons. The molecule has 2 aromatic rings. The van der Waals surface area contributed by atoms with Crippen LogP contribution in [0.2, 0.25) is 5.02 Å². The topological polar surface area (TPSA) is 87.0 Å². The van der Waals surface area contributed by atoms with Crippen LogP contribution in [0.25, 0.3) is 5.69 Å². The summed E-state index contributed by atoms with van der Waals surface area (Å²) in [6.07, 6.45) is 0. The Morgan fingerprint density at radius 1 is 1.37 bits per heavy atom. The van der Waals surface area contributed by atoms with Crippen LogP contribution in [0.4, 0.5) is 11.5 Å². The Kier molecular flexibility index (Phi) is 3.44. The summed E-state index contributed by atoms with van der Waals surface area (Å²) in [4.78, 5) is 10.6. The Hall–Kier alpha value is -2.08. The van der Waals surface area contributed by atoms with Crippen molar-refractivity contribution in [2.75, 3.05) is 5.73 Å². The number of rotatable bonds is 3. The van der Waals surface area contributed by atoms with Crippen molar-refractivity contribution >= 4 is 23.1 Å². The number of aromatic nitrogens is 2. The molecule has 1 aromatic carbocycles. The molecule has 0 spiro atoms. The number of hydrogen-bond donors (Lipinski definition) is 1. The predicted molar refractivity (Wildman–Crippen MR) is 73.7 cm³/mol. The highest BCUT2D eigenvalue weighted by molar-refractivity contribution is 6.30. The van der Waals surface area contributed by atoms with Gasteiger partial charge in [-0.1, -0.05) is 25.4 Å². The summed E-state index contributed by atoms with van der Waals surface area (Å²) in [7, 11) is 0. The van der Waals surface area contributed by atoms with Gasteiger partial charge in [0.2, 0.25) is 5.82 Å². The van der Waals surface area contributed by atoms with E-state index in [4.69, 9.17) is 17.3 Å². The molecule has 0 saturated carbocycles. The van der Waals surface area contributed by atoms with Gasteiger partial charge in [0.25, 0.3) is 0 Å². The second-order valence-electron chi connectivity index (χ2n) is 4.42. The van der Waals surface area contributed by atoms with Gasteiger partial charge in [-0.25, -0.2) is 4.68 Å². The molecule has 19 heavy (non-hydrogen) atoms. The average Bonchev–Trinajstić information content (AvgIpc) is 2.68. The summed E-state index contributed by atoms with van der Waals surface area (Å²) in [5.41, 5.74) is 6.71. The van der Waals surface area contributed by atoms with Gasteiger partial charge in [0.1, 0.15) is 5.69 Å². The molecule has 0 aliphatic rings. The third-order valence-corrected chi connectivity index (χ3v) is 2.97. The first kappa shape index (κ1) is 13.4. The number of halogens is 1. The molecule has 7 heteroatoms. The van der Waals surface area contributed by atoms with Crippen molar-refractivity contribution in [2.24, 2.45) is 0 Å². The molecule has 0 fully saturated rings. The molecule has 0 aliphatic carbocycles. The molecule has 100 valence electrons. The molecule has 0 unspecified atom stereocenters. The fourth-order valence-corrected chi connectivity index (χ4v) is 1.92. The van der Waals surface area contributed by atoms with Gasteiger partial charge in [-0.15, -0.1) is 0 Å². The second-order valence-corrected chi connectivity index (χ2v) is 4.86. The highest BCUT2D eigenvalue weighted by atomic mass is 35.5. The molecule has 1 heterocycles. The molecular weight excluding hydrogens is 268 g/mol. The van der Waals surface area contributed by atoms with E-state index in [9.17, 15) is 10.1 Å². The number of hydrogen-bond acceptors (Lipinski definition) is 4. The summed E-state index contributed by atoms with van der Waals surface area (Å²) in [5.74, 6) is -0.0627. The lowest BCUT2D eigenvalue weighted by Crippen LogP contribution is -2.02. The van der Waals surface area contributed by atoms with E-state index in [2.05, 4.69) is 5.10 Å². The fourth-order valence-electron chi connectivity index (χ4n) is 1.80. The van der Waals surface area contributed by atoms with Crippen molar-refractivity contribution in [1.82, 2.24) is 9.78 Å². The molecule has 0 bridgehead atoms. The molecule has 0 saturated heterocycles. The molecule has 0 amide bonds. The molecule has 6 nitrogen and oxygen atoms in total. The lowest BCUT2D eigenvalue weighted by molar-refractivity contribution is -0.384. The Morgan fingerprint density at radius 3 is 2.37 bits per heavy atom. The van der Waals surface area contributed by atoms with Gasteiger partial charge in [-0.2, -0.15) is 5.10 Å². The smallest absolute Gasteiger partial charge is 0.334 e. The molecule has 2 N–H and O–H groups in total. The van der Waals surface area contributed by atoms with Crippen LogP contribution in [0, 0.1) is 10.1 Å². The maximum atomic E-state index is 11.1. The number of nitrogen functional groups attached to an aromatic ring is 1. The van der Waals surface area contributed by atoms with Gasteiger partial charge < -0.3 is 5.73 Å². The Balaban J connectivity index is 2.62. The van der Waals surface area contributed by atoms with E-state index < -0.39 is 4.92 Å². The third-order valence-electron chi connectivity index (χ3n) is 2.72. The van der Waals surface area contributed by atoms with E-state index in [0.29, 0.717) is 16.4 Å². The first-order chi connectivity index (χ1) is 8.91. The van der Waals surface area contributed by atoms with E-state index in [1.54, 1.807) is 24.3 Å². The van der Waals surface area contributed by atoms with Crippen molar-refractivity contribution in [2.45, 2.75) is 19.8 Å². The van der Waals surface area contributed by atoms with E-state index in [0.717, 1.165) is 0 Å². The second kappa shape index (κ2) is 4.89. The van der Waals surface area contributed by atoms with Crippen LogP contribution in [-0.2, 0) is 0 Å². The lowest BCUT2D eigenvalue weighted by atomic mass is 10.1. The molecule has 2 rings (SSSR count). The van der Waals surface area contributed by atoms with E-state index in [-0.39, 0.29) is 17.4 Å². The normalized spacial score (nSPS) is 10.9. The van der Waals surface area contributed by atoms with Crippen molar-refractivity contribution in [3.8, 4) is 5.69 Å². The molecule has 0 aliphatic heterocycles. The minimum atomic E-state index is -0.496. The van der Waals surface area contributed by atoms with E-state index in [1.807, 2.05) is 13.8 Å². The molecule has 1 aromatic heterocycles. The highest BCUT2D eigenvalue weighted by Gasteiger charge is 2.28. The number of nitrogens with two attached hydrogens (primary N) is 1. The first-order valence-electron chi connectivity index (χ1n) is 5.70. The van der Waals surface area contributed by atoms with Crippen molar-refractivity contribution in [3.63, 3.8) is 0 Å². The van der Waals surface area contributed by atoms with E-state index >= 15 is 0 Å². The van der Waals surface area contributed by atoms with Crippen molar-refractivity contribution in [1.29, 1.82) is 0 Å². The number of anilines is 1. The Bertz CT molecular complexity index is 619. The number of benzene rings is 1. The summed E-state index contributed by atoms with van der Waals surface area (Å²) in [5, 5.41) is 15.9. The van der Waals surface area contributed by atoms with Crippen molar-refractivity contribution < 1.29 is 4.92 Å². The highest BCUT2D eigenvalue weighted by Crippen LogP contribution is 2.33. The number of nitro groups is 1. The zero-order valence-electron chi connectivity index (χ0n) is 10.5. The zero-order chi connectivity index (χ0) is 14.2. The standard InChI is InChI=1S/C12H13ClN4O2/c1-7(2)10-11(17(18)19)12(14)16(15-10)9-5-3-8(13)4-6-9/h3-7H,14H2,1-2H3. The van der Waals surface area contributed by atoms with Gasteiger partial charge in [0.05, 0.1) is 10.6 Å². The number of nitrogens with zero attached hydrogens (tertiary/aromatic N) is 3. The maximum Gasteiger partial charge on any atom is 0.334 e. The minimum Gasteiger partial charge on any atom is -0.378 e. The van der Waals surface area contributed by atoms with Gasteiger partial charge in [-0.05, 0) is 24.3 Å². The quantitative estimate of drug-likeness (QED) is 0.691.